The van der Waals surface area contributed by atoms with Crippen molar-refractivity contribution in [3.05, 3.63) is 53.6 Å². The molecule has 5 nitrogen and oxygen atoms in total. The molecule has 0 aliphatic heterocycles. The Morgan fingerprint density at radius 2 is 2.18 bits per heavy atom. The number of carbonyl (C=O) groups excluding carboxylic acids is 1. The molecule has 0 radical (unpaired) electrons. The number of aromatic amines is 1. The Balaban J connectivity index is 1.52. The number of hydrogen-bond donors (Lipinski definition) is 2. The molecule has 1 aliphatic carbocycles. The van der Waals surface area contributed by atoms with Gasteiger partial charge in [0, 0.05) is 17.1 Å². The first-order valence-corrected chi connectivity index (χ1v) is 7.49. The van der Waals surface area contributed by atoms with Crippen LogP contribution >= 0.6 is 11.6 Å². The van der Waals surface area contributed by atoms with Gasteiger partial charge < -0.3 is 9.72 Å². The van der Waals surface area contributed by atoms with Crippen LogP contribution in [0.15, 0.2) is 42.9 Å². The van der Waals surface area contributed by atoms with Crippen molar-refractivity contribution in [3.8, 4) is 0 Å². The van der Waals surface area contributed by atoms with Crippen LogP contribution in [0.4, 0.5) is 10.5 Å². The minimum Gasteiger partial charge on any atom is -0.446 e. The molecule has 1 unspecified atom stereocenters. The molecule has 6 heteroatoms. The highest BCUT2D eigenvalue weighted by molar-refractivity contribution is 6.30. The van der Waals surface area contributed by atoms with Gasteiger partial charge in [-0.1, -0.05) is 17.7 Å². The van der Waals surface area contributed by atoms with Gasteiger partial charge in [-0.15, -0.1) is 0 Å². The predicted octanol–water partition coefficient (Wildman–Crippen LogP) is 4.25. The topological polar surface area (TPSA) is 67.0 Å². The van der Waals surface area contributed by atoms with E-state index in [1.54, 1.807) is 36.8 Å². The highest BCUT2D eigenvalue weighted by atomic mass is 35.5. The number of aromatic nitrogens is 2. The maximum absolute atomic E-state index is 11.9. The van der Waals surface area contributed by atoms with Crippen molar-refractivity contribution in [3.63, 3.8) is 0 Å². The Labute approximate surface area is 133 Å². The zero-order valence-corrected chi connectivity index (χ0v) is 12.6. The molecule has 0 bridgehead atoms. The number of H-pyrrole nitrogens is 1. The van der Waals surface area contributed by atoms with Crippen LogP contribution in [-0.4, -0.2) is 22.2 Å². The Morgan fingerprint density at radius 1 is 1.36 bits per heavy atom. The number of hydrogen-bond acceptors (Lipinski definition) is 3. The van der Waals surface area contributed by atoms with E-state index in [2.05, 4.69) is 21.4 Å². The normalized spacial score (nSPS) is 17.7. The van der Waals surface area contributed by atoms with Gasteiger partial charge in [-0.05, 0) is 42.7 Å². The monoisotopic (exact) mass is 317 g/mol. The van der Waals surface area contributed by atoms with Gasteiger partial charge >= 0.3 is 6.09 Å². The summed E-state index contributed by atoms with van der Waals surface area (Å²) >= 11 is 5.80. The molecule has 22 heavy (non-hydrogen) atoms. The highest BCUT2D eigenvalue weighted by Crippen LogP contribution is 2.27. The standard InChI is InChI=1S/C16H16ClN3O2/c17-12-3-5-13(6-4-12)20-16(21)22-14-7-1-11(2-8-14)15-9-18-10-19-15/h1,3-6,9-10,14H,2,7-8H2,(H,18,19)(H,20,21). The number of allylic oxidation sites excluding steroid dienone is 1. The van der Waals surface area contributed by atoms with E-state index in [1.165, 1.54) is 5.57 Å². The van der Waals surface area contributed by atoms with Crippen molar-refractivity contribution in [1.29, 1.82) is 0 Å². The SMILES string of the molecule is O=C(Nc1ccc(Cl)cc1)OC1CC=C(c2cnc[nH]2)CC1. The van der Waals surface area contributed by atoms with Gasteiger partial charge in [0.05, 0.1) is 18.2 Å². The Kier molecular flexibility index (Phi) is 4.44. The number of nitrogens with one attached hydrogen (secondary N) is 2. The molecule has 2 aromatic rings. The van der Waals surface area contributed by atoms with E-state index in [4.69, 9.17) is 16.3 Å². The summed E-state index contributed by atoms with van der Waals surface area (Å²) < 4.78 is 5.44. The van der Waals surface area contributed by atoms with Crippen LogP contribution in [0.25, 0.3) is 5.57 Å². The van der Waals surface area contributed by atoms with E-state index in [0.29, 0.717) is 17.1 Å². The summed E-state index contributed by atoms with van der Waals surface area (Å²) in [5.41, 5.74) is 2.92. The van der Waals surface area contributed by atoms with Gasteiger partial charge in [0.25, 0.3) is 0 Å². The minimum atomic E-state index is -0.439. The average molecular weight is 318 g/mol. The van der Waals surface area contributed by atoms with Crippen molar-refractivity contribution in [2.75, 3.05) is 5.32 Å². The van der Waals surface area contributed by atoms with Gasteiger partial charge in [-0.25, -0.2) is 9.78 Å². The smallest absolute Gasteiger partial charge is 0.411 e. The minimum absolute atomic E-state index is 0.0982. The maximum Gasteiger partial charge on any atom is 0.411 e. The lowest BCUT2D eigenvalue weighted by molar-refractivity contribution is 0.106. The number of imidazole rings is 1. The Hall–Kier alpha value is -2.27. The molecule has 0 saturated heterocycles. The Bertz CT molecular complexity index is 665. The second-order valence-corrected chi connectivity index (χ2v) is 5.56. The van der Waals surface area contributed by atoms with Crippen LogP contribution in [0.2, 0.25) is 5.02 Å². The second-order valence-electron chi connectivity index (χ2n) is 5.13. The third-order valence-electron chi connectivity index (χ3n) is 3.57. The zero-order valence-electron chi connectivity index (χ0n) is 11.9. The molecule has 0 saturated carbocycles. The van der Waals surface area contributed by atoms with Crippen LogP contribution in [0, 0.1) is 0 Å². The van der Waals surface area contributed by atoms with E-state index in [1.807, 2.05) is 0 Å². The van der Waals surface area contributed by atoms with Crippen LogP contribution in [0.5, 0.6) is 0 Å². The van der Waals surface area contributed by atoms with E-state index >= 15 is 0 Å². The fraction of sp³-hybridized carbons (Fsp3) is 0.250. The molecule has 0 fully saturated rings. The first-order valence-electron chi connectivity index (χ1n) is 7.12. The summed E-state index contributed by atoms with van der Waals surface area (Å²) in [5, 5.41) is 3.33. The molecule has 114 valence electrons. The molecule has 1 aromatic heterocycles. The third-order valence-corrected chi connectivity index (χ3v) is 3.82. The van der Waals surface area contributed by atoms with E-state index < -0.39 is 6.09 Å². The van der Waals surface area contributed by atoms with Gasteiger partial charge in [0.1, 0.15) is 6.10 Å². The van der Waals surface area contributed by atoms with Gasteiger partial charge in [-0.2, -0.15) is 0 Å². The summed E-state index contributed by atoms with van der Waals surface area (Å²) in [6, 6.07) is 6.91. The molecule has 3 rings (SSSR count). The first kappa shape index (κ1) is 14.7. The van der Waals surface area contributed by atoms with Gasteiger partial charge in [0.15, 0.2) is 0 Å². The fourth-order valence-electron chi connectivity index (χ4n) is 2.43. The number of carbonyl (C=O) groups is 1. The molecule has 1 atom stereocenters. The quantitative estimate of drug-likeness (QED) is 0.889. The largest absolute Gasteiger partial charge is 0.446 e. The maximum atomic E-state index is 11.9. The number of halogens is 1. The molecule has 1 amide bonds. The van der Waals surface area contributed by atoms with Crippen LogP contribution in [0.1, 0.15) is 25.0 Å². The Morgan fingerprint density at radius 3 is 2.82 bits per heavy atom. The molecule has 2 N–H and O–H groups in total. The first-order chi connectivity index (χ1) is 10.7. The summed E-state index contributed by atoms with van der Waals surface area (Å²) in [4.78, 5) is 19.0. The van der Waals surface area contributed by atoms with Crippen LogP contribution in [-0.2, 0) is 4.74 Å². The van der Waals surface area contributed by atoms with Gasteiger partial charge in [0.2, 0.25) is 0 Å². The van der Waals surface area contributed by atoms with Crippen molar-refractivity contribution in [2.24, 2.45) is 0 Å². The third kappa shape index (κ3) is 3.68. The summed E-state index contributed by atoms with van der Waals surface area (Å²) in [5.74, 6) is 0. The van der Waals surface area contributed by atoms with Gasteiger partial charge in [-0.3, -0.25) is 5.32 Å². The van der Waals surface area contributed by atoms with Crippen molar-refractivity contribution in [1.82, 2.24) is 9.97 Å². The van der Waals surface area contributed by atoms with Crippen molar-refractivity contribution in [2.45, 2.75) is 25.4 Å². The van der Waals surface area contributed by atoms with E-state index in [-0.39, 0.29) is 6.10 Å². The van der Waals surface area contributed by atoms with Crippen molar-refractivity contribution < 1.29 is 9.53 Å². The average Bonchev–Trinajstić information content (AvgIpc) is 3.05. The number of anilines is 1. The number of rotatable bonds is 3. The number of nitrogens with zero attached hydrogens (tertiary/aromatic N) is 1. The predicted molar refractivity (Wildman–Crippen MR) is 85.8 cm³/mol. The highest BCUT2D eigenvalue weighted by Gasteiger charge is 2.19. The lowest BCUT2D eigenvalue weighted by Crippen LogP contribution is -2.23. The number of amides is 1. The van der Waals surface area contributed by atoms with Crippen LogP contribution < -0.4 is 5.32 Å². The lowest BCUT2D eigenvalue weighted by atomic mass is 9.95. The summed E-state index contributed by atoms with van der Waals surface area (Å²) in [6.07, 6.45) is 7.41. The molecular formula is C16H16ClN3O2. The molecule has 1 aromatic carbocycles. The molecular weight excluding hydrogens is 302 g/mol. The van der Waals surface area contributed by atoms with Crippen molar-refractivity contribution >= 4 is 29.0 Å². The molecule has 1 heterocycles. The van der Waals surface area contributed by atoms with E-state index in [0.717, 1.165) is 18.5 Å². The summed E-state index contributed by atoms with van der Waals surface area (Å²) in [6.45, 7) is 0. The van der Waals surface area contributed by atoms with E-state index in [9.17, 15) is 4.79 Å². The lowest BCUT2D eigenvalue weighted by Gasteiger charge is -2.21. The zero-order chi connectivity index (χ0) is 15.4. The molecule has 1 aliphatic rings. The number of benzene rings is 1. The molecule has 0 spiro atoms. The second kappa shape index (κ2) is 6.66. The summed E-state index contributed by atoms with van der Waals surface area (Å²) in [7, 11) is 0. The fourth-order valence-corrected chi connectivity index (χ4v) is 2.55. The number of ether oxygens (including phenoxy) is 1. The van der Waals surface area contributed by atoms with Crippen LogP contribution in [0.3, 0.4) is 0 Å².